The molecule has 0 fully saturated rings. The molecule has 0 saturated carbocycles. The quantitative estimate of drug-likeness (QED) is 0.825. The standard InChI is InChI=1S/C17H18N2O3S/c1-13-2-4-14(5-3-13)8-11-17(20)19-16-9-6-15(7-10-16)12-23(18,21)22/h2-11H,12H2,1H3,(H,19,20)(H2,18,21,22)/b11-8+. The van der Waals surface area contributed by atoms with Gasteiger partial charge in [-0.2, -0.15) is 0 Å². The molecule has 23 heavy (non-hydrogen) atoms. The summed E-state index contributed by atoms with van der Waals surface area (Å²) in [5, 5.41) is 7.69. The van der Waals surface area contributed by atoms with Crippen LogP contribution in [-0.4, -0.2) is 14.3 Å². The second-order valence-electron chi connectivity index (χ2n) is 5.24. The first-order valence-electron chi connectivity index (χ1n) is 6.97. The summed E-state index contributed by atoms with van der Waals surface area (Å²) in [4.78, 5) is 11.9. The van der Waals surface area contributed by atoms with Gasteiger partial charge in [0.15, 0.2) is 0 Å². The summed E-state index contributed by atoms with van der Waals surface area (Å²) < 4.78 is 22.0. The average Bonchev–Trinajstić information content (AvgIpc) is 2.47. The second-order valence-corrected chi connectivity index (χ2v) is 6.85. The number of carbonyl (C=O) groups is 1. The fourth-order valence-electron chi connectivity index (χ4n) is 1.95. The Kier molecular flexibility index (Phi) is 5.31. The molecule has 0 aliphatic heterocycles. The van der Waals surface area contributed by atoms with Gasteiger partial charge in [-0.3, -0.25) is 4.79 Å². The van der Waals surface area contributed by atoms with Gasteiger partial charge in [-0.15, -0.1) is 0 Å². The van der Waals surface area contributed by atoms with Gasteiger partial charge in [0.2, 0.25) is 15.9 Å². The van der Waals surface area contributed by atoms with E-state index in [-0.39, 0.29) is 11.7 Å². The number of sulfonamides is 1. The van der Waals surface area contributed by atoms with Crippen LogP contribution < -0.4 is 10.5 Å². The number of hydrogen-bond acceptors (Lipinski definition) is 3. The highest BCUT2D eigenvalue weighted by Crippen LogP contribution is 2.12. The van der Waals surface area contributed by atoms with Crippen molar-refractivity contribution in [2.24, 2.45) is 5.14 Å². The van der Waals surface area contributed by atoms with Crippen molar-refractivity contribution in [2.75, 3.05) is 5.32 Å². The first-order chi connectivity index (χ1) is 10.8. The Morgan fingerprint density at radius 2 is 1.70 bits per heavy atom. The van der Waals surface area contributed by atoms with Gasteiger partial charge in [-0.1, -0.05) is 42.0 Å². The molecule has 1 amide bonds. The van der Waals surface area contributed by atoms with Crippen LogP contribution in [0.5, 0.6) is 0 Å². The van der Waals surface area contributed by atoms with Crippen molar-refractivity contribution in [1.29, 1.82) is 0 Å². The van der Waals surface area contributed by atoms with E-state index in [0.717, 1.165) is 11.1 Å². The van der Waals surface area contributed by atoms with Gasteiger partial charge in [0, 0.05) is 11.8 Å². The number of aryl methyl sites for hydroxylation is 1. The summed E-state index contributed by atoms with van der Waals surface area (Å²) in [7, 11) is -3.55. The number of hydrogen-bond donors (Lipinski definition) is 2. The predicted octanol–water partition coefficient (Wildman–Crippen LogP) is 2.44. The average molecular weight is 330 g/mol. The maximum atomic E-state index is 11.9. The molecule has 0 spiro atoms. The molecule has 2 aromatic carbocycles. The summed E-state index contributed by atoms with van der Waals surface area (Å²) in [6.07, 6.45) is 3.17. The lowest BCUT2D eigenvalue weighted by molar-refractivity contribution is -0.111. The third kappa shape index (κ3) is 6.06. The Morgan fingerprint density at radius 3 is 2.26 bits per heavy atom. The largest absolute Gasteiger partial charge is 0.323 e. The SMILES string of the molecule is Cc1ccc(/C=C/C(=O)Nc2ccc(CS(N)(=O)=O)cc2)cc1. The van der Waals surface area contributed by atoms with Crippen LogP contribution in [0.3, 0.4) is 0 Å². The lowest BCUT2D eigenvalue weighted by Crippen LogP contribution is -2.14. The fourth-order valence-corrected chi connectivity index (χ4v) is 2.61. The van der Waals surface area contributed by atoms with E-state index in [1.807, 2.05) is 31.2 Å². The highest BCUT2D eigenvalue weighted by atomic mass is 32.2. The molecular weight excluding hydrogens is 312 g/mol. The molecule has 5 nitrogen and oxygen atoms in total. The number of anilines is 1. The zero-order chi connectivity index (χ0) is 16.9. The summed E-state index contributed by atoms with van der Waals surface area (Å²) >= 11 is 0. The molecule has 2 aromatic rings. The summed E-state index contributed by atoms with van der Waals surface area (Å²) in [6, 6.07) is 14.3. The Hall–Kier alpha value is -2.44. The zero-order valence-corrected chi connectivity index (χ0v) is 13.5. The van der Waals surface area contributed by atoms with Crippen molar-refractivity contribution in [3.63, 3.8) is 0 Å². The highest BCUT2D eigenvalue weighted by Gasteiger charge is 2.05. The summed E-state index contributed by atoms with van der Waals surface area (Å²) in [6.45, 7) is 2.00. The van der Waals surface area contributed by atoms with E-state index >= 15 is 0 Å². The van der Waals surface area contributed by atoms with Gasteiger partial charge in [0.05, 0.1) is 5.75 Å². The molecule has 6 heteroatoms. The number of amides is 1. The summed E-state index contributed by atoms with van der Waals surface area (Å²) in [5.41, 5.74) is 3.25. The number of nitrogens with two attached hydrogens (primary N) is 1. The molecule has 2 rings (SSSR count). The Bertz CT molecular complexity index is 808. The normalized spacial score (nSPS) is 11.6. The highest BCUT2D eigenvalue weighted by molar-refractivity contribution is 7.88. The Labute approximate surface area is 135 Å². The van der Waals surface area contributed by atoms with Crippen LogP contribution >= 0.6 is 0 Å². The van der Waals surface area contributed by atoms with Crippen LogP contribution in [0.4, 0.5) is 5.69 Å². The van der Waals surface area contributed by atoms with Crippen LogP contribution in [0.25, 0.3) is 6.08 Å². The van der Waals surface area contributed by atoms with Crippen LogP contribution in [-0.2, 0) is 20.6 Å². The van der Waals surface area contributed by atoms with Crippen LogP contribution in [0, 0.1) is 6.92 Å². The summed E-state index contributed by atoms with van der Waals surface area (Å²) in [5.74, 6) is -0.487. The zero-order valence-electron chi connectivity index (χ0n) is 12.7. The topological polar surface area (TPSA) is 89.3 Å². The molecule has 3 N–H and O–H groups in total. The molecule has 0 unspecified atom stereocenters. The lowest BCUT2D eigenvalue weighted by atomic mass is 10.1. The van der Waals surface area contributed by atoms with Crippen LogP contribution in [0.15, 0.2) is 54.6 Å². The first kappa shape index (κ1) is 16.9. The predicted molar refractivity (Wildman–Crippen MR) is 92.1 cm³/mol. The van der Waals surface area contributed by atoms with Gasteiger partial charge in [-0.25, -0.2) is 13.6 Å². The maximum absolute atomic E-state index is 11.9. The van der Waals surface area contributed by atoms with E-state index in [9.17, 15) is 13.2 Å². The van der Waals surface area contributed by atoms with E-state index in [2.05, 4.69) is 5.32 Å². The van der Waals surface area contributed by atoms with Gasteiger partial charge in [0.25, 0.3) is 0 Å². The molecule has 0 radical (unpaired) electrons. The van der Waals surface area contributed by atoms with Gasteiger partial charge in [0.1, 0.15) is 0 Å². The van der Waals surface area contributed by atoms with Crippen molar-refractivity contribution < 1.29 is 13.2 Å². The molecular formula is C17H18N2O3S. The third-order valence-electron chi connectivity index (χ3n) is 3.09. The molecule has 0 aromatic heterocycles. The van der Waals surface area contributed by atoms with Crippen molar-refractivity contribution >= 4 is 27.7 Å². The molecule has 0 aliphatic rings. The molecule has 0 atom stereocenters. The van der Waals surface area contributed by atoms with E-state index in [0.29, 0.717) is 11.3 Å². The van der Waals surface area contributed by atoms with Crippen molar-refractivity contribution in [2.45, 2.75) is 12.7 Å². The van der Waals surface area contributed by atoms with E-state index in [1.165, 1.54) is 6.08 Å². The Balaban J connectivity index is 1.96. The molecule has 0 heterocycles. The lowest BCUT2D eigenvalue weighted by Gasteiger charge is -2.04. The third-order valence-corrected chi connectivity index (χ3v) is 3.83. The smallest absolute Gasteiger partial charge is 0.248 e. The van der Waals surface area contributed by atoms with Crippen LogP contribution in [0.2, 0.25) is 0 Å². The number of primary sulfonamides is 1. The van der Waals surface area contributed by atoms with Crippen LogP contribution in [0.1, 0.15) is 16.7 Å². The second kappa shape index (κ2) is 7.21. The van der Waals surface area contributed by atoms with Crippen molar-refractivity contribution in [1.82, 2.24) is 0 Å². The van der Waals surface area contributed by atoms with Gasteiger partial charge >= 0.3 is 0 Å². The van der Waals surface area contributed by atoms with E-state index in [1.54, 1.807) is 30.3 Å². The van der Waals surface area contributed by atoms with Gasteiger partial charge in [-0.05, 0) is 36.3 Å². The van der Waals surface area contributed by atoms with Gasteiger partial charge < -0.3 is 5.32 Å². The minimum Gasteiger partial charge on any atom is -0.323 e. The maximum Gasteiger partial charge on any atom is 0.248 e. The molecule has 0 aliphatic carbocycles. The number of nitrogens with one attached hydrogen (secondary N) is 1. The minimum atomic E-state index is -3.55. The van der Waals surface area contributed by atoms with Crippen molar-refractivity contribution in [3.05, 3.63) is 71.3 Å². The fraction of sp³-hybridized carbons (Fsp3) is 0.118. The number of benzene rings is 2. The van der Waals surface area contributed by atoms with E-state index in [4.69, 9.17) is 5.14 Å². The minimum absolute atomic E-state index is 0.228. The molecule has 0 saturated heterocycles. The van der Waals surface area contributed by atoms with Crippen molar-refractivity contribution in [3.8, 4) is 0 Å². The van der Waals surface area contributed by atoms with E-state index < -0.39 is 10.0 Å². The molecule has 0 bridgehead atoms. The Morgan fingerprint density at radius 1 is 1.09 bits per heavy atom. The number of carbonyl (C=O) groups excluding carboxylic acids is 1. The first-order valence-corrected chi connectivity index (χ1v) is 8.68. The monoisotopic (exact) mass is 330 g/mol. The number of rotatable bonds is 5. The molecule has 120 valence electrons.